The van der Waals surface area contributed by atoms with Crippen molar-refractivity contribution in [3.63, 3.8) is 0 Å². The van der Waals surface area contributed by atoms with Gasteiger partial charge in [0.2, 0.25) is 5.91 Å². The van der Waals surface area contributed by atoms with E-state index in [1.54, 1.807) is 7.11 Å². The lowest BCUT2D eigenvalue weighted by molar-refractivity contribution is -0.132. The normalized spacial score (nSPS) is 17.9. The van der Waals surface area contributed by atoms with Crippen LogP contribution in [-0.2, 0) is 4.79 Å². The van der Waals surface area contributed by atoms with Crippen molar-refractivity contribution in [3.05, 3.63) is 53.6 Å². The Hall–Kier alpha value is -2.44. The molecule has 0 N–H and O–H groups in total. The molecule has 0 bridgehead atoms. The number of carbonyl (C=O) groups is 1. The van der Waals surface area contributed by atoms with Crippen LogP contribution in [0.1, 0.15) is 0 Å². The van der Waals surface area contributed by atoms with Gasteiger partial charge >= 0.3 is 0 Å². The Morgan fingerprint density at radius 2 is 1.50 bits per heavy atom. The van der Waals surface area contributed by atoms with E-state index in [9.17, 15) is 4.79 Å². The number of ether oxygens (including phenoxy) is 1. The smallest absolute Gasteiger partial charge is 0.236 e. The van der Waals surface area contributed by atoms with E-state index in [0.717, 1.165) is 68.8 Å². The van der Waals surface area contributed by atoms with Crippen LogP contribution in [0.4, 0.5) is 11.4 Å². The standard InChI is InChI=1S/C23H29ClN4O2/c1-30-20-8-6-19(7-9-20)26-14-16-28(17-15-26)23(29)18-25-10-12-27(13-11-25)22-5-3-2-4-21(22)24/h2-9H,10-18H2,1H3. The fourth-order valence-corrected chi connectivity index (χ4v) is 4.41. The highest BCUT2D eigenvalue weighted by molar-refractivity contribution is 6.33. The summed E-state index contributed by atoms with van der Waals surface area (Å²) in [5.74, 6) is 1.10. The van der Waals surface area contributed by atoms with Crippen molar-refractivity contribution in [2.24, 2.45) is 0 Å². The van der Waals surface area contributed by atoms with E-state index in [2.05, 4.69) is 32.9 Å². The maximum atomic E-state index is 12.8. The third-order valence-corrected chi connectivity index (χ3v) is 6.31. The Kier molecular flexibility index (Phi) is 6.65. The van der Waals surface area contributed by atoms with Crippen molar-refractivity contribution >= 4 is 28.9 Å². The monoisotopic (exact) mass is 428 g/mol. The number of nitrogens with zero attached hydrogens (tertiary/aromatic N) is 4. The van der Waals surface area contributed by atoms with Gasteiger partial charge in [0.1, 0.15) is 5.75 Å². The molecule has 0 spiro atoms. The molecule has 160 valence electrons. The molecular formula is C23H29ClN4O2. The summed E-state index contributed by atoms with van der Waals surface area (Å²) in [7, 11) is 1.68. The number of hydrogen-bond donors (Lipinski definition) is 0. The van der Waals surface area contributed by atoms with Gasteiger partial charge in [-0.05, 0) is 36.4 Å². The molecule has 0 atom stereocenters. The highest BCUT2D eigenvalue weighted by atomic mass is 35.5. The first-order chi connectivity index (χ1) is 14.6. The van der Waals surface area contributed by atoms with Crippen LogP contribution in [0.2, 0.25) is 5.02 Å². The summed E-state index contributed by atoms with van der Waals surface area (Å²) in [5, 5.41) is 0.789. The highest BCUT2D eigenvalue weighted by Crippen LogP contribution is 2.26. The van der Waals surface area contributed by atoms with Gasteiger partial charge in [-0.1, -0.05) is 23.7 Å². The van der Waals surface area contributed by atoms with Crippen molar-refractivity contribution in [1.29, 1.82) is 0 Å². The maximum Gasteiger partial charge on any atom is 0.236 e. The fraction of sp³-hybridized carbons (Fsp3) is 0.435. The molecule has 0 aliphatic carbocycles. The average Bonchev–Trinajstić information content (AvgIpc) is 2.80. The predicted molar refractivity (Wildman–Crippen MR) is 122 cm³/mol. The number of amides is 1. The molecule has 0 unspecified atom stereocenters. The Balaban J connectivity index is 1.23. The molecule has 2 aromatic carbocycles. The minimum Gasteiger partial charge on any atom is -0.497 e. The second-order valence-electron chi connectivity index (χ2n) is 7.78. The third kappa shape index (κ3) is 4.82. The summed E-state index contributed by atoms with van der Waals surface area (Å²) >= 11 is 6.32. The molecular weight excluding hydrogens is 400 g/mol. The van der Waals surface area contributed by atoms with Gasteiger partial charge in [-0.3, -0.25) is 9.69 Å². The molecule has 2 aliphatic rings. The largest absolute Gasteiger partial charge is 0.497 e. The summed E-state index contributed by atoms with van der Waals surface area (Å²) in [5.41, 5.74) is 2.26. The first kappa shape index (κ1) is 20.8. The molecule has 2 heterocycles. The first-order valence-corrected chi connectivity index (χ1v) is 10.9. The summed E-state index contributed by atoms with van der Waals surface area (Å²) in [6, 6.07) is 16.1. The number of methoxy groups -OCH3 is 1. The SMILES string of the molecule is COc1ccc(N2CCN(C(=O)CN3CCN(c4ccccc4Cl)CC3)CC2)cc1. The Morgan fingerprint density at radius 1 is 0.867 bits per heavy atom. The van der Waals surface area contributed by atoms with Crippen LogP contribution in [0.3, 0.4) is 0 Å². The van der Waals surface area contributed by atoms with E-state index in [4.69, 9.17) is 16.3 Å². The fourth-order valence-electron chi connectivity index (χ4n) is 4.15. The molecule has 6 nitrogen and oxygen atoms in total. The van der Waals surface area contributed by atoms with Crippen molar-refractivity contribution in [2.75, 3.05) is 75.8 Å². The van der Waals surface area contributed by atoms with Crippen LogP contribution < -0.4 is 14.5 Å². The Labute approximate surface area is 183 Å². The van der Waals surface area contributed by atoms with Gasteiger partial charge in [-0.15, -0.1) is 0 Å². The van der Waals surface area contributed by atoms with Gasteiger partial charge in [0.25, 0.3) is 0 Å². The summed E-state index contributed by atoms with van der Waals surface area (Å²) < 4.78 is 5.23. The summed E-state index contributed by atoms with van der Waals surface area (Å²) in [6.07, 6.45) is 0. The van der Waals surface area contributed by atoms with Gasteiger partial charge in [-0.25, -0.2) is 0 Å². The molecule has 7 heteroatoms. The van der Waals surface area contributed by atoms with E-state index in [0.29, 0.717) is 6.54 Å². The first-order valence-electron chi connectivity index (χ1n) is 10.5. The third-order valence-electron chi connectivity index (χ3n) is 5.99. The zero-order valence-electron chi connectivity index (χ0n) is 17.5. The zero-order valence-corrected chi connectivity index (χ0v) is 18.2. The van der Waals surface area contributed by atoms with Gasteiger partial charge in [0.15, 0.2) is 0 Å². The number of hydrogen-bond acceptors (Lipinski definition) is 5. The van der Waals surface area contributed by atoms with E-state index < -0.39 is 0 Å². The molecule has 2 fully saturated rings. The van der Waals surface area contributed by atoms with Gasteiger partial charge in [-0.2, -0.15) is 0 Å². The van der Waals surface area contributed by atoms with E-state index in [-0.39, 0.29) is 5.91 Å². The van der Waals surface area contributed by atoms with Crippen LogP contribution in [0, 0.1) is 0 Å². The number of carbonyl (C=O) groups excluding carboxylic acids is 1. The quantitative estimate of drug-likeness (QED) is 0.732. The summed E-state index contributed by atoms with van der Waals surface area (Å²) in [4.78, 5) is 21.7. The Bertz CT molecular complexity index is 845. The highest BCUT2D eigenvalue weighted by Gasteiger charge is 2.25. The van der Waals surface area contributed by atoms with Crippen LogP contribution in [-0.4, -0.2) is 81.7 Å². The Morgan fingerprint density at radius 3 is 2.13 bits per heavy atom. The topological polar surface area (TPSA) is 39.3 Å². The second-order valence-corrected chi connectivity index (χ2v) is 8.19. The number of para-hydroxylation sites is 1. The van der Waals surface area contributed by atoms with E-state index in [1.807, 2.05) is 35.2 Å². The molecule has 4 rings (SSSR count). The lowest BCUT2D eigenvalue weighted by atomic mass is 10.2. The molecule has 2 aliphatic heterocycles. The minimum absolute atomic E-state index is 0.232. The van der Waals surface area contributed by atoms with Crippen molar-refractivity contribution in [2.45, 2.75) is 0 Å². The molecule has 30 heavy (non-hydrogen) atoms. The number of benzene rings is 2. The maximum absolute atomic E-state index is 12.8. The molecule has 0 saturated carbocycles. The van der Waals surface area contributed by atoms with Gasteiger partial charge < -0.3 is 19.4 Å². The summed E-state index contributed by atoms with van der Waals surface area (Å²) in [6.45, 7) is 7.29. The molecule has 2 saturated heterocycles. The molecule has 2 aromatic rings. The average molecular weight is 429 g/mol. The molecule has 0 aromatic heterocycles. The molecule has 1 amide bonds. The molecule has 0 radical (unpaired) electrons. The minimum atomic E-state index is 0.232. The lowest BCUT2D eigenvalue weighted by Gasteiger charge is -2.39. The van der Waals surface area contributed by atoms with Gasteiger partial charge in [0.05, 0.1) is 24.4 Å². The van der Waals surface area contributed by atoms with Crippen LogP contribution >= 0.6 is 11.6 Å². The van der Waals surface area contributed by atoms with Gasteiger partial charge in [0, 0.05) is 58.0 Å². The van der Waals surface area contributed by atoms with Crippen LogP contribution in [0.25, 0.3) is 0 Å². The van der Waals surface area contributed by atoms with Crippen molar-refractivity contribution in [3.8, 4) is 5.75 Å². The number of rotatable bonds is 5. The zero-order chi connectivity index (χ0) is 20.9. The second kappa shape index (κ2) is 9.58. The van der Waals surface area contributed by atoms with Crippen molar-refractivity contribution in [1.82, 2.24) is 9.80 Å². The van der Waals surface area contributed by atoms with Crippen molar-refractivity contribution < 1.29 is 9.53 Å². The predicted octanol–water partition coefficient (Wildman–Crippen LogP) is 2.82. The number of halogens is 1. The van der Waals surface area contributed by atoms with E-state index >= 15 is 0 Å². The number of piperazine rings is 2. The lowest BCUT2D eigenvalue weighted by Crippen LogP contribution is -2.54. The number of anilines is 2. The van der Waals surface area contributed by atoms with Crippen LogP contribution in [0.5, 0.6) is 5.75 Å². The van der Waals surface area contributed by atoms with Crippen LogP contribution in [0.15, 0.2) is 48.5 Å². The van der Waals surface area contributed by atoms with E-state index in [1.165, 1.54) is 5.69 Å².